The molecule has 0 saturated carbocycles. The number of hydrogen-bond acceptors (Lipinski definition) is 5. The first-order valence-electron chi connectivity index (χ1n) is 8.10. The summed E-state index contributed by atoms with van der Waals surface area (Å²) in [4.78, 5) is 4.15. The molecule has 27 heavy (non-hydrogen) atoms. The number of rotatable bonds is 6. The number of nitrogen functional groups attached to an aromatic ring is 1. The maximum atomic E-state index is 13.8. The number of aliphatic hydroxyl groups is 1. The van der Waals surface area contributed by atoms with Crippen molar-refractivity contribution < 1.29 is 14.2 Å². The van der Waals surface area contributed by atoms with Crippen LogP contribution in [0.15, 0.2) is 36.8 Å². The van der Waals surface area contributed by atoms with E-state index >= 15 is 0 Å². The van der Waals surface area contributed by atoms with Crippen LogP contribution in [0.25, 0.3) is 11.1 Å². The predicted octanol–water partition coefficient (Wildman–Crippen LogP) is 4.11. The molecule has 3 rings (SSSR count). The number of anilines is 1. The number of hydrogen-bond donors (Lipinski definition) is 2. The highest BCUT2D eigenvalue weighted by molar-refractivity contribution is 6.36. The van der Waals surface area contributed by atoms with Crippen LogP contribution in [0.1, 0.15) is 18.6 Å². The Bertz CT molecular complexity index is 965. The zero-order valence-electron chi connectivity index (χ0n) is 14.4. The molecule has 0 aliphatic heterocycles. The molecular weight excluding hydrogens is 394 g/mol. The number of aromatic nitrogens is 3. The highest BCUT2D eigenvalue weighted by Gasteiger charge is 2.20. The van der Waals surface area contributed by atoms with Crippen LogP contribution < -0.4 is 10.5 Å². The van der Waals surface area contributed by atoms with E-state index in [2.05, 4.69) is 10.1 Å². The minimum Gasteiger partial charge on any atom is -0.482 e. The summed E-state index contributed by atoms with van der Waals surface area (Å²) >= 11 is 12.2. The predicted molar refractivity (Wildman–Crippen MR) is 102 cm³/mol. The van der Waals surface area contributed by atoms with Crippen molar-refractivity contribution in [3.8, 4) is 16.9 Å². The van der Waals surface area contributed by atoms with Gasteiger partial charge in [-0.2, -0.15) is 5.10 Å². The smallest absolute Gasteiger partial charge is 0.166 e. The lowest BCUT2D eigenvalue weighted by Gasteiger charge is -2.19. The van der Waals surface area contributed by atoms with E-state index in [0.29, 0.717) is 22.9 Å². The van der Waals surface area contributed by atoms with Crippen LogP contribution in [0.4, 0.5) is 10.2 Å². The standard InChI is InChI=1S/C18H17Cl2FN4O2/c1-10(16-13(19)2-3-14(21)17(16)20)27-15-6-11(7-23-18(15)22)12-8-24-25(9-12)4-5-26/h2-3,6-10,26H,4-5H2,1H3,(H2,22,23). The van der Waals surface area contributed by atoms with E-state index in [1.807, 2.05) is 0 Å². The fourth-order valence-corrected chi connectivity index (χ4v) is 3.29. The second-order valence-electron chi connectivity index (χ2n) is 5.84. The molecule has 0 fully saturated rings. The minimum atomic E-state index is -0.655. The van der Waals surface area contributed by atoms with Crippen molar-refractivity contribution in [2.45, 2.75) is 19.6 Å². The SMILES string of the molecule is CC(Oc1cc(-c2cnn(CCO)c2)cnc1N)c1c(Cl)ccc(F)c1Cl. The summed E-state index contributed by atoms with van der Waals surface area (Å²) in [6.45, 7) is 2.07. The van der Waals surface area contributed by atoms with Crippen molar-refractivity contribution in [1.82, 2.24) is 14.8 Å². The Hall–Kier alpha value is -2.35. The van der Waals surface area contributed by atoms with Crippen LogP contribution in [0, 0.1) is 5.82 Å². The molecule has 2 aromatic heterocycles. The summed E-state index contributed by atoms with van der Waals surface area (Å²) < 4.78 is 21.3. The number of nitrogens with zero attached hydrogens (tertiary/aromatic N) is 3. The largest absolute Gasteiger partial charge is 0.482 e. The van der Waals surface area contributed by atoms with Crippen LogP contribution in [0.3, 0.4) is 0 Å². The number of ether oxygens (including phenoxy) is 1. The average Bonchev–Trinajstić information content (AvgIpc) is 3.09. The number of pyridine rings is 1. The molecule has 2 heterocycles. The van der Waals surface area contributed by atoms with Crippen molar-refractivity contribution in [2.24, 2.45) is 0 Å². The van der Waals surface area contributed by atoms with Gasteiger partial charge in [0.2, 0.25) is 0 Å². The second kappa shape index (κ2) is 8.12. The maximum Gasteiger partial charge on any atom is 0.166 e. The van der Waals surface area contributed by atoms with Gasteiger partial charge in [0.05, 0.1) is 24.4 Å². The third kappa shape index (κ3) is 4.16. The van der Waals surface area contributed by atoms with Gasteiger partial charge in [-0.05, 0) is 25.1 Å². The van der Waals surface area contributed by atoms with E-state index in [4.69, 9.17) is 38.8 Å². The molecule has 0 radical (unpaired) electrons. The lowest BCUT2D eigenvalue weighted by Crippen LogP contribution is -2.08. The van der Waals surface area contributed by atoms with Crippen LogP contribution in [0.5, 0.6) is 5.75 Å². The molecule has 1 aromatic carbocycles. The van der Waals surface area contributed by atoms with Crippen LogP contribution >= 0.6 is 23.2 Å². The van der Waals surface area contributed by atoms with Crippen molar-refractivity contribution in [2.75, 3.05) is 12.3 Å². The molecule has 1 unspecified atom stereocenters. The highest BCUT2D eigenvalue weighted by Crippen LogP contribution is 2.36. The molecule has 9 heteroatoms. The summed E-state index contributed by atoms with van der Waals surface area (Å²) in [5.74, 6) is -0.0917. The van der Waals surface area contributed by atoms with Gasteiger partial charge >= 0.3 is 0 Å². The van der Waals surface area contributed by atoms with Gasteiger partial charge in [0.1, 0.15) is 11.9 Å². The number of nitrogens with two attached hydrogens (primary N) is 1. The zero-order chi connectivity index (χ0) is 19.6. The molecule has 142 valence electrons. The molecule has 0 bridgehead atoms. The average molecular weight is 411 g/mol. The van der Waals surface area contributed by atoms with Crippen LogP contribution in [-0.4, -0.2) is 26.5 Å². The van der Waals surface area contributed by atoms with Crippen molar-refractivity contribution >= 4 is 29.0 Å². The Labute approximate surface area is 165 Å². The zero-order valence-corrected chi connectivity index (χ0v) is 15.9. The molecule has 0 amide bonds. The fourth-order valence-electron chi connectivity index (χ4n) is 2.61. The van der Waals surface area contributed by atoms with E-state index < -0.39 is 11.9 Å². The van der Waals surface area contributed by atoms with Gasteiger partial charge in [0.25, 0.3) is 0 Å². The topological polar surface area (TPSA) is 86.2 Å². The van der Waals surface area contributed by atoms with Gasteiger partial charge in [0.15, 0.2) is 11.6 Å². The van der Waals surface area contributed by atoms with Gasteiger partial charge in [-0.25, -0.2) is 9.37 Å². The Kier molecular flexibility index (Phi) is 5.84. The summed E-state index contributed by atoms with van der Waals surface area (Å²) in [5, 5.41) is 13.3. The molecule has 0 spiro atoms. The van der Waals surface area contributed by atoms with E-state index in [1.165, 1.54) is 12.1 Å². The van der Waals surface area contributed by atoms with Crippen LogP contribution in [-0.2, 0) is 6.54 Å². The lowest BCUT2D eigenvalue weighted by molar-refractivity contribution is 0.227. The monoisotopic (exact) mass is 410 g/mol. The summed E-state index contributed by atoms with van der Waals surface area (Å²) in [6, 6.07) is 4.33. The molecule has 0 saturated heterocycles. The Morgan fingerprint density at radius 2 is 2.07 bits per heavy atom. The summed E-state index contributed by atoms with van der Waals surface area (Å²) in [6.07, 6.45) is 4.36. The molecule has 0 aliphatic carbocycles. The normalized spacial score (nSPS) is 12.2. The summed E-state index contributed by atoms with van der Waals surface area (Å²) in [5.41, 5.74) is 7.77. The second-order valence-corrected chi connectivity index (χ2v) is 6.63. The molecule has 0 aliphatic rings. The Morgan fingerprint density at radius 1 is 1.30 bits per heavy atom. The third-order valence-corrected chi connectivity index (χ3v) is 4.68. The van der Waals surface area contributed by atoms with E-state index in [9.17, 15) is 4.39 Å². The highest BCUT2D eigenvalue weighted by atomic mass is 35.5. The Balaban J connectivity index is 1.90. The number of benzene rings is 1. The van der Waals surface area contributed by atoms with Gasteiger partial charge in [-0.3, -0.25) is 4.68 Å². The fraction of sp³-hybridized carbons (Fsp3) is 0.222. The summed E-state index contributed by atoms with van der Waals surface area (Å²) in [7, 11) is 0. The first kappa shape index (κ1) is 19.4. The first-order chi connectivity index (χ1) is 12.9. The van der Waals surface area contributed by atoms with E-state index in [0.717, 1.165) is 11.1 Å². The maximum absolute atomic E-state index is 13.8. The molecule has 1 atom stereocenters. The van der Waals surface area contributed by atoms with Gasteiger partial charge in [-0.1, -0.05) is 23.2 Å². The van der Waals surface area contributed by atoms with E-state index in [1.54, 1.807) is 36.3 Å². The Morgan fingerprint density at radius 3 is 2.81 bits per heavy atom. The van der Waals surface area contributed by atoms with Crippen LogP contribution in [0.2, 0.25) is 10.0 Å². The van der Waals surface area contributed by atoms with Gasteiger partial charge < -0.3 is 15.6 Å². The number of aliphatic hydroxyl groups excluding tert-OH is 1. The van der Waals surface area contributed by atoms with Crippen molar-refractivity contribution in [3.05, 3.63) is 58.2 Å². The van der Waals surface area contributed by atoms with Gasteiger partial charge in [-0.15, -0.1) is 0 Å². The molecule has 6 nitrogen and oxygen atoms in total. The lowest BCUT2D eigenvalue weighted by atomic mass is 10.1. The van der Waals surface area contributed by atoms with Crippen molar-refractivity contribution in [3.63, 3.8) is 0 Å². The van der Waals surface area contributed by atoms with Gasteiger partial charge in [0, 0.05) is 34.1 Å². The van der Waals surface area contributed by atoms with Crippen molar-refractivity contribution in [1.29, 1.82) is 0 Å². The minimum absolute atomic E-state index is 0.0118. The molecule has 3 aromatic rings. The van der Waals surface area contributed by atoms with E-state index in [-0.39, 0.29) is 17.4 Å². The molecular formula is C18H17Cl2FN4O2. The quantitative estimate of drug-likeness (QED) is 0.597. The number of halogens is 3. The first-order valence-corrected chi connectivity index (χ1v) is 8.85. The molecule has 3 N–H and O–H groups in total. The third-order valence-electron chi connectivity index (χ3n) is 3.97.